The smallest absolute Gasteiger partial charge is 0.230 e. The summed E-state index contributed by atoms with van der Waals surface area (Å²) in [5.41, 5.74) is 0.277. The molecule has 2 rings (SSSR count). The maximum atomic E-state index is 5.42. The van der Waals surface area contributed by atoms with E-state index in [1.807, 2.05) is 6.92 Å². The Morgan fingerprint density at radius 1 is 1.44 bits per heavy atom. The first-order valence-corrected chi connectivity index (χ1v) is 6.58. The number of hydrogen-bond acceptors (Lipinski definition) is 5. The number of hydrogen-bond donors (Lipinski definition) is 0. The summed E-state index contributed by atoms with van der Waals surface area (Å²) in [5.74, 6) is 2.04. The van der Waals surface area contributed by atoms with Crippen LogP contribution < -0.4 is 0 Å². The molecule has 1 fully saturated rings. The third-order valence-corrected chi connectivity index (χ3v) is 4.30. The number of aromatic nitrogens is 2. The number of likely N-dealkylation sites (tertiary alicyclic amines) is 1. The minimum atomic E-state index is 0.277. The maximum Gasteiger partial charge on any atom is 0.230 e. The molecule has 0 radical (unpaired) electrons. The van der Waals surface area contributed by atoms with E-state index in [0.717, 1.165) is 13.1 Å². The Morgan fingerprint density at radius 3 is 2.67 bits per heavy atom. The van der Waals surface area contributed by atoms with Crippen molar-refractivity contribution in [2.45, 2.75) is 39.3 Å². The molecule has 2 heterocycles. The number of nitrogens with zero attached hydrogens (tertiary/aromatic N) is 4. The second kappa shape index (κ2) is 4.97. The van der Waals surface area contributed by atoms with Crippen molar-refractivity contribution < 1.29 is 4.42 Å². The molecule has 0 amide bonds. The van der Waals surface area contributed by atoms with E-state index < -0.39 is 0 Å². The first kappa shape index (κ1) is 13.5. The van der Waals surface area contributed by atoms with Crippen molar-refractivity contribution in [1.82, 2.24) is 20.0 Å². The lowest BCUT2D eigenvalue weighted by Crippen LogP contribution is -2.43. The Hall–Kier alpha value is -0.940. The molecule has 1 aliphatic rings. The van der Waals surface area contributed by atoms with Crippen LogP contribution in [0.1, 0.15) is 32.0 Å². The summed E-state index contributed by atoms with van der Waals surface area (Å²) in [5, 5.41) is 7.90. The molecule has 102 valence electrons. The number of aryl methyl sites for hydroxylation is 1. The Morgan fingerprint density at radius 2 is 2.17 bits per heavy atom. The van der Waals surface area contributed by atoms with Crippen molar-refractivity contribution in [2.24, 2.45) is 5.92 Å². The Balaban J connectivity index is 1.90. The van der Waals surface area contributed by atoms with E-state index in [-0.39, 0.29) is 5.54 Å². The van der Waals surface area contributed by atoms with Gasteiger partial charge in [-0.2, -0.15) is 0 Å². The van der Waals surface area contributed by atoms with Crippen molar-refractivity contribution >= 4 is 0 Å². The van der Waals surface area contributed by atoms with Gasteiger partial charge in [0, 0.05) is 19.0 Å². The summed E-state index contributed by atoms with van der Waals surface area (Å²) in [6.45, 7) is 9.47. The van der Waals surface area contributed by atoms with Crippen molar-refractivity contribution in [1.29, 1.82) is 0 Å². The highest BCUT2D eigenvalue weighted by atomic mass is 16.4. The second-order valence-electron chi connectivity index (χ2n) is 5.97. The largest absolute Gasteiger partial charge is 0.424 e. The van der Waals surface area contributed by atoms with Crippen LogP contribution in [0.25, 0.3) is 0 Å². The second-order valence-corrected chi connectivity index (χ2v) is 5.97. The molecule has 0 aliphatic carbocycles. The molecule has 0 aromatic carbocycles. The lowest BCUT2D eigenvalue weighted by Gasteiger charge is -2.35. The summed E-state index contributed by atoms with van der Waals surface area (Å²) in [7, 11) is 4.33. The molecular weight excluding hydrogens is 228 g/mol. The van der Waals surface area contributed by atoms with Gasteiger partial charge in [0.15, 0.2) is 0 Å². The van der Waals surface area contributed by atoms with Gasteiger partial charge in [-0.3, -0.25) is 4.90 Å². The van der Waals surface area contributed by atoms with Gasteiger partial charge < -0.3 is 9.32 Å². The van der Waals surface area contributed by atoms with Crippen LogP contribution in [-0.4, -0.2) is 52.7 Å². The molecule has 1 atom stereocenters. The Bertz CT molecular complexity index is 401. The molecule has 1 aromatic heterocycles. The van der Waals surface area contributed by atoms with Gasteiger partial charge in [0.2, 0.25) is 11.8 Å². The van der Waals surface area contributed by atoms with Crippen LogP contribution in [0.3, 0.4) is 0 Å². The van der Waals surface area contributed by atoms with Gasteiger partial charge >= 0.3 is 0 Å². The summed E-state index contributed by atoms with van der Waals surface area (Å²) < 4.78 is 5.42. The van der Waals surface area contributed by atoms with Crippen LogP contribution in [0, 0.1) is 12.8 Å². The van der Waals surface area contributed by atoms with Gasteiger partial charge in [-0.05, 0) is 46.8 Å². The minimum Gasteiger partial charge on any atom is -0.424 e. The summed E-state index contributed by atoms with van der Waals surface area (Å²) in [4.78, 5) is 4.72. The van der Waals surface area contributed by atoms with Gasteiger partial charge in [0.05, 0.1) is 6.54 Å². The zero-order valence-electron chi connectivity index (χ0n) is 12.1. The average molecular weight is 252 g/mol. The fraction of sp³-hybridized carbons (Fsp3) is 0.846. The monoisotopic (exact) mass is 252 g/mol. The van der Waals surface area contributed by atoms with Crippen LogP contribution in [0.4, 0.5) is 0 Å². The molecule has 0 spiro atoms. The van der Waals surface area contributed by atoms with E-state index in [1.54, 1.807) is 0 Å². The predicted octanol–water partition coefficient (Wildman–Crippen LogP) is 1.54. The van der Waals surface area contributed by atoms with Crippen molar-refractivity contribution in [3.8, 4) is 0 Å². The molecule has 5 heteroatoms. The molecule has 0 bridgehead atoms. The van der Waals surface area contributed by atoms with Gasteiger partial charge in [-0.25, -0.2) is 0 Å². The first-order chi connectivity index (χ1) is 8.39. The molecule has 0 N–H and O–H groups in total. The fourth-order valence-electron chi connectivity index (χ4n) is 2.69. The molecule has 0 saturated carbocycles. The highest BCUT2D eigenvalue weighted by molar-refractivity contribution is 4.95. The molecule has 18 heavy (non-hydrogen) atoms. The average Bonchev–Trinajstić information content (AvgIpc) is 2.77. The Labute approximate surface area is 109 Å². The van der Waals surface area contributed by atoms with E-state index in [2.05, 4.69) is 47.9 Å². The third kappa shape index (κ3) is 2.72. The van der Waals surface area contributed by atoms with Crippen LogP contribution in [0.5, 0.6) is 0 Å². The highest BCUT2D eigenvalue weighted by Crippen LogP contribution is 2.33. The maximum absolute atomic E-state index is 5.42. The van der Waals surface area contributed by atoms with Crippen molar-refractivity contribution in [2.75, 3.05) is 27.2 Å². The van der Waals surface area contributed by atoms with E-state index in [1.165, 1.54) is 13.0 Å². The molecule has 5 nitrogen and oxygen atoms in total. The fourth-order valence-corrected chi connectivity index (χ4v) is 2.69. The van der Waals surface area contributed by atoms with Crippen LogP contribution in [-0.2, 0) is 6.54 Å². The summed E-state index contributed by atoms with van der Waals surface area (Å²) in [6.07, 6.45) is 1.26. The van der Waals surface area contributed by atoms with E-state index in [9.17, 15) is 0 Å². The quantitative estimate of drug-likeness (QED) is 0.813. The van der Waals surface area contributed by atoms with Gasteiger partial charge in [0.25, 0.3) is 0 Å². The predicted molar refractivity (Wildman–Crippen MR) is 70.2 cm³/mol. The molecule has 1 unspecified atom stereocenters. The van der Waals surface area contributed by atoms with Crippen LogP contribution in [0.2, 0.25) is 0 Å². The summed E-state index contributed by atoms with van der Waals surface area (Å²) in [6, 6.07) is 0. The van der Waals surface area contributed by atoms with E-state index in [4.69, 9.17) is 4.42 Å². The van der Waals surface area contributed by atoms with E-state index in [0.29, 0.717) is 17.7 Å². The lowest BCUT2D eigenvalue weighted by molar-refractivity contribution is 0.136. The molecule has 1 aromatic rings. The standard InChI is InChI=1S/C13H24N4O/c1-10-14-15-12(18-10)9-16(4)8-11-6-7-17(5)13(11,2)3/h11H,6-9H2,1-5H3. The highest BCUT2D eigenvalue weighted by Gasteiger charge is 2.39. The summed E-state index contributed by atoms with van der Waals surface area (Å²) >= 11 is 0. The van der Waals surface area contributed by atoms with Gasteiger partial charge in [0.1, 0.15) is 0 Å². The van der Waals surface area contributed by atoms with Crippen LogP contribution in [0.15, 0.2) is 4.42 Å². The zero-order valence-corrected chi connectivity index (χ0v) is 12.1. The van der Waals surface area contributed by atoms with Crippen molar-refractivity contribution in [3.05, 3.63) is 11.8 Å². The van der Waals surface area contributed by atoms with Gasteiger partial charge in [-0.15, -0.1) is 10.2 Å². The molecule has 1 saturated heterocycles. The van der Waals surface area contributed by atoms with Crippen LogP contribution >= 0.6 is 0 Å². The number of rotatable bonds is 4. The zero-order chi connectivity index (χ0) is 13.3. The molecular formula is C13H24N4O. The normalized spacial score (nSPS) is 24.0. The lowest BCUT2D eigenvalue weighted by atomic mass is 9.88. The SMILES string of the molecule is Cc1nnc(CN(C)CC2CCN(C)C2(C)C)o1. The van der Waals surface area contributed by atoms with E-state index >= 15 is 0 Å². The Kier molecular flexibility index (Phi) is 3.73. The minimum absolute atomic E-state index is 0.277. The van der Waals surface area contributed by atoms with Crippen molar-refractivity contribution in [3.63, 3.8) is 0 Å². The van der Waals surface area contributed by atoms with Gasteiger partial charge in [-0.1, -0.05) is 0 Å². The molecule has 1 aliphatic heterocycles. The first-order valence-electron chi connectivity index (χ1n) is 6.58. The topological polar surface area (TPSA) is 45.4 Å². The third-order valence-electron chi connectivity index (χ3n) is 4.30.